The first kappa shape index (κ1) is 8.77. The molecule has 1 rings (SSSR count). The fourth-order valence-corrected chi connectivity index (χ4v) is 0.908. The van der Waals surface area contributed by atoms with Crippen molar-refractivity contribution in [1.82, 2.24) is 0 Å². The maximum Gasteiger partial charge on any atom is 0.267 e. The van der Waals surface area contributed by atoms with Crippen LogP contribution in [-0.2, 0) is 0 Å². The zero-order valence-corrected chi connectivity index (χ0v) is 6.55. The first-order valence-electron chi connectivity index (χ1n) is 3.36. The second kappa shape index (κ2) is 3.38. The summed E-state index contributed by atoms with van der Waals surface area (Å²) in [6, 6.07) is 4.06. The minimum absolute atomic E-state index is 0.130. The van der Waals surface area contributed by atoms with Gasteiger partial charge in [0.05, 0.1) is 12.7 Å². The van der Waals surface area contributed by atoms with Gasteiger partial charge in [0.25, 0.3) is 6.43 Å². The Balaban J connectivity index is 3.11. The zero-order valence-electron chi connectivity index (χ0n) is 6.55. The van der Waals surface area contributed by atoms with Crippen LogP contribution in [0.3, 0.4) is 0 Å². The lowest BCUT2D eigenvalue weighted by molar-refractivity contribution is 0.147. The van der Waals surface area contributed by atoms with E-state index in [0.717, 1.165) is 0 Å². The smallest absolute Gasteiger partial charge is 0.267 e. The van der Waals surface area contributed by atoms with Gasteiger partial charge >= 0.3 is 0 Å². The molecule has 0 bridgehead atoms. The van der Waals surface area contributed by atoms with Crippen LogP contribution in [0.1, 0.15) is 12.0 Å². The lowest BCUT2D eigenvalue weighted by atomic mass is 10.2. The van der Waals surface area contributed by atoms with Crippen LogP contribution < -0.4 is 10.5 Å². The van der Waals surface area contributed by atoms with Crippen molar-refractivity contribution < 1.29 is 13.5 Å². The fourth-order valence-electron chi connectivity index (χ4n) is 0.908. The Bertz CT molecular complexity index is 276. The second-order valence-corrected chi connectivity index (χ2v) is 2.30. The van der Waals surface area contributed by atoms with Crippen molar-refractivity contribution in [3.8, 4) is 5.75 Å². The topological polar surface area (TPSA) is 35.2 Å². The number of hydrogen-bond donors (Lipinski definition) is 1. The quantitative estimate of drug-likeness (QED) is 0.696. The molecule has 1 aromatic rings. The van der Waals surface area contributed by atoms with E-state index in [-0.39, 0.29) is 11.3 Å². The fraction of sp³-hybridized carbons (Fsp3) is 0.250. The molecular weight excluding hydrogens is 164 g/mol. The molecule has 0 aromatic heterocycles. The minimum Gasteiger partial charge on any atom is -0.496 e. The lowest BCUT2D eigenvalue weighted by Gasteiger charge is -2.07. The number of hydrogen-bond acceptors (Lipinski definition) is 2. The summed E-state index contributed by atoms with van der Waals surface area (Å²) in [4.78, 5) is 0. The van der Waals surface area contributed by atoms with Crippen LogP contribution in [0, 0.1) is 0 Å². The van der Waals surface area contributed by atoms with Crippen molar-refractivity contribution >= 4 is 5.69 Å². The summed E-state index contributed by atoms with van der Waals surface area (Å²) in [5.74, 6) is 0.130. The van der Waals surface area contributed by atoms with E-state index in [0.29, 0.717) is 5.69 Å². The maximum atomic E-state index is 12.2. The molecule has 2 nitrogen and oxygen atoms in total. The SMILES string of the molecule is COc1cc(N)ccc1C(F)F. The number of alkyl halides is 2. The number of nitrogens with two attached hydrogens (primary N) is 1. The van der Waals surface area contributed by atoms with Crippen LogP contribution in [0.4, 0.5) is 14.5 Å². The highest BCUT2D eigenvalue weighted by Gasteiger charge is 2.12. The van der Waals surface area contributed by atoms with Gasteiger partial charge in [-0.2, -0.15) is 0 Å². The molecule has 0 fully saturated rings. The highest BCUT2D eigenvalue weighted by Crippen LogP contribution is 2.30. The number of methoxy groups -OCH3 is 1. The summed E-state index contributed by atoms with van der Waals surface area (Å²) in [6.45, 7) is 0. The molecule has 0 saturated heterocycles. The Morgan fingerprint density at radius 2 is 2.08 bits per heavy atom. The Labute approximate surface area is 68.9 Å². The number of halogens is 2. The Kier molecular flexibility index (Phi) is 2.47. The molecule has 0 unspecified atom stereocenters. The average Bonchev–Trinajstić information content (AvgIpc) is 2.03. The van der Waals surface area contributed by atoms with Gasteiger partial charge < -0.3 is 10.5 Å². The van der Waals surface area contributed by atoms with Crippen molar-refractivity contribution in [3.63, 3.8) is 0 Å². The summed E-state index contributed by atoms with van der Waals surface area (Å²) < 4.78 is 29.2. The normalized spacial score (nSPS) is 10.3. The molecule has 1 aromatic carbocycles. The van der Waals surface area contributed by atoms with E-state index >= 15 is 0 Å². The first-order valence-corrected chi connectivity index (χ1v) is 3.36. The summed E-state index contributed by atoms with van der Waals surface area (Å²) in [5, 5.41) is 0. The molecule has 4 heteroatoms. The predicted octanol–water partition coefficient (Wildman–Crippen LogP) is 2.21. The Hall–Kier alpha value is -1.32. The number of ether oxygens (including phenoxy) is 1. The second-order valence-electron chi connectivity index (χ2n) is 2.30. The average molecular weight is 173 g/mol. The molecule has 0 radical (unpaired) electrons. The van der Waals surface area contributed by atoms with Crippen molar-refractivity contribution in [2.24, 2.45) is 0 Å². The van der Waals surface area contributed by atoms with Gasteiger partial charge in [0, 0.05) is 11.8 Å². The summed E-state index contributed by atoms with van der Waals surface area (Å²) in [6.07, 6.45) is -2.53. The zero-order chi connectivity index (χ0) is 9.14. The number of nitrogen functional groups attached to an aromatic ring is 1. The highest BCUT2D eigenvalue weighted by atomic mass is 19.3. The van der Waals surface area contributed by atoms with Gasteiger partial charge in [0.2, 0.25) is 0 Å². The van der Waals surface area contributed by atoms with Gasteiger partial charge in [0.15, 0.2) is 0 Å². The van der Waals surface area contributed by atoms with Crippen LogP contribution in [0.2, 0.25) is 0 Å². The van der Waals surface area contributed by atoms with Gasteiger partial charge in [-0.3, -0.25) is 0 Å². The van der Waals surface area contributed by atoms with E-state index in [1.54, 1.807) is 0 Å². The van der Waals surface area contributed by atoms with E-state index in [9.17, 15) is 8.78 Å². The standard InChI is InChI=1S/C8H9F2NO/c1-12-7-4-5(11)2-3-6(7)8(9)10/h2-4,8H,11H2,1H3. The van der Waals surface area contributed by atoms with Gasteiger partial charge in [-0.05, 0) is 12.1 Å². The lowest BCUT2D eigenvalue weighted by Crippen LogP contribution is -1.94. The van der Waals surface area contributed by atoms with Crippen LogP contribution in [0.5, 0.6) is 5.75 Å². The molecule has 0 aliphatic rings. The largest absolute Gasteiger partial charge is 0.496 e. The number of anilines is 1. The van der Waals surface area contributed by atoms with Crippen LogP contribution >= 0.6 is 0 Å². The third-order valence-corrected chi connectivity index (χ3v) is 1.49. The molecule has 0 spiro atoms. The third-order valence-electron chi connectivity index (χ3n) is 1.49. The number of rotatable bonds is 2. The maximum absolute atomic E-state index is 12.2. The van der Waals surface area contributed by atoms with Crippen molar-refractivity contribution in [1.29, 1.82) is 0 Å². The Morgan fingerprint density at radius 1 is 1.42 bits per heavy atom. The molecule has 0 saturated carbocycles. The first-order chi connectivity index (χ1) is 5.65. The summed E-state index contributed by atoms with van der Waals surface area (Å²) >= 11 is 0. The molecule has 0 atom stereocenters. The molecular formula is C8H9F2NO. The third kappa shape index (κ3) is 1.64. The van der Waals surface area contributed by atoms with Crippen LogP contribution in [0.15, 0.2) is 18.2 Å². The van der Waals surface area contributed by atoms with Gasteiger partial charge in [-0.25, -0.2) is 8.78 Å². The minimum atomic E-state index is -2.53. The van der Waals surface area contributed by atoms with Crippen molar-refractivity contribution in [2.45, 2.75) is 6.43 Å². The van der Waals surface area contributed by atoms with E-state index < -0.39 is 6.43 Å². The van der Waals surface area contributed by atoms with E-state index in [1.165, 1.54) is 25.3 Å². The predicted molar refractivity (Wildman–Crippen MR) is 42.4 cm³/mol. The summed E-state index contributed by atoms with van der Waals surface area (Å²) in [7, 11) is 1.33. The van der Waals surface area contributed by atoms with Gasteiger partial charge in [-0.15, -0.1) is 0 Å². The summed E-state index contributed by atoms with van der Waals surface area (Å²) in [5.41, 5.74) is 5.66. The molecule has 0 aliphatic heterocycles. The molecule has 0 amide bonds. The molecule has 0 aliphatic carbocycles. The van der Waals surface area contributed by atoms with Crippen molar-refractivity contribution in [3.05, 3.63) is 23.8 Å². The molecule has 2 N–H and O–H groups in total. The van der Waals surface area contributed by atoms with Crippen LogP contribution in [0.25, 0.3) is 0 Å². The van der Waals surface area contributed by atoms with E-state index in [4.69, 9.17) is 10.5 Å². The van der Waals surface area contributed by atoms with E-state index in [1.807, 2.05) is 0 Å². The monoisotopic (exact) mass is 173 g/mol. The van der Waals surface area contributed by atoms with Crippen LogP contribution in [-0.4, -0.2) is 7.11 Å². The number of benzene rings is 1. The van der Waals surface area contributed by atoms with Gasteiger partial charge in [-0.1, -0.05) is 0 Å². The molecule has 12 heavy (non-hydrogen) atoms. The molecule has 66 valence electrons. The highest BCUT2D eigenvalue weighted by molar-refractivity contribution is 5.48. The van der Waals surface area contributed by atoms with Crippen molar-refractivity contribution in [2.75, 3.05) is 12.8 Å². The van der Waals surface area contributed by atoms with E-state index in [2.05, 4.69) is 0 Å². The molecule has 0 heterocycles. The van der Waals surface area contributed by atoms with Gasteiger partial charge in [0.1, 0.15) is 5.75 Å². The Morgan fingerprint density at radius 3 is 2.58 bits per heavy atom.